The van der Waals surface area contributed by atoms with Crippen LogP contribution in [0.2, 0.25) is 0 Å². The van der Waals surface area contributed by atoms with E-state index in [2.05, 4.69) is 29.0 Å². The van der Waals surface area contributed by atoms with Gasteiger partial charge in [-0.2, -0.15) is 5.10 Å². The van der Waals surface area contributed by atoms with Gasteiger partial charge < -0.3 is 10.1 Å². The molecule has 0 saturated heterocycles. The average molecular weight is 239 g/mol. The summed E-state index contributed by atoms with van der Waals surface area (Å²) >= 11 is 0. The normalized spacial score (nSPS) is 10.9. The first kappa shape index (κ1) is 13.7. The summed E-state index contributed by atoms with van der Waals surface area (Å²) in [6.45, 7) is 9.08. The molecule has 1 aromatic heterocycles. The molecular formula is C12H21N3O2. The van der Waals surface area contributed by atoms with Crippen LogP contribution in [0.15, 0.2) is 0 Å². The first-order valence-corrected chi connectivity index (χ1v) is 5.78. The van der Waals surface area contributed by atoms with Gasteiger partial charge in [-0.25, -0.2) is 0 Å². The molecule has 0 fully saturated rings. The van der Waals surface area contributed by atoms with Crippen molar-refractivity contribution in [1.82, 2.24) is 15.1 Å². The Balaban J connectivity index is 2.82. The summed E-state index contributed by atoms with van der Waals surface area (Å²) in [6, 6.07) is 0.428. The summed E-state index contributed by atoms with van der Waals surface area (Å²) in [6.07, 6.45) is 0. The number of hydrogen-bond acceptors (Lipinski definition) is 4. The van der Waals surface area contributed by atoms with Crippen LogP contribution in [0.1, 0.15) is 30.8 Å². The number of nitrogens with zero attached hydrogens (tertiary/aromatic N) is 2. The lowest BCUT2D eigenvalue weighted by Gasteiger charge is -2.08. The second-order valence-corrected chi connectivity index (χ2v) is 4.42. The molecule has 0 radical (unpaired) electrons. The maximum atomic E-state index is 11.2. The number of rotatable bonds is 5. The zero-order chi connectivity index (χ0) is 13.0. The number of carbonyl (C=O) groups excluding carboxylic acids is 1. The van der Waals surface area contributed by atoms with E-state index in [4.69, 9.17) is 0 Å². The Labute approximate surface area is 102 Å². The summed E-state index contributed by atoms with van der Waals surface area (Å²) in [4.78, 5) is 11.2. The van der Waals surface area contributed by atoms with Crippen LogP contribution in [-0.2, 0) is 22.6 Å². The zero-order valence-corrected chi connectivity index (χ0v) is 11.2. The summed E-state index contributed by atoms with van der Waals surface area (Å²) in [5.41, 5.74) is 3.13. The van der Waals surface area contributed by atoms with E-state index >= 15 is 0 Å². The molecule has 1 N–H and O–H groups in total. The average Bonchev–Trinajstić information content (AvgIpc) is 2.51. The molecule has 5 nitrogen and oxygen atoms in total. The monoisotopic (exact) mass is 239 g/mol. The minimum Gasteiger partial charge on any atom is -0.468 e. The number of hydrogen-bond donors (Lipinski definition) is 1. The van der Waals surface area contributed by atoms with Crippen molar-refractivity contribution in [2.45, 2.75) is 46.8 Å². The number of aromatic nitrogens is 2. The Hall–Kier alpha value is -1.36. The molecule has 5 heteroatoms. The van der Waals surface area contributed by atoms with Crippen molar-refractivity contribution in [2.75, 3.05) is 7.11 Å². The molecule has 96 valence electrons. The summed E-state index contributed by atoms with van der Waals surface area (Å²) in [5, 5.41) is 7.71. The van der Waals surface area contributed by atoms with Gasteiger partial charge in [0.1, 0.15) is 6.54 Å². The van der Waals surface area contributed by atoms with Crippen molar-refractivity contribution in [3.8, 4) is 0 Å². The zero-order valence-electron chi connectivity index (χ0n) is 11.2. The van der Waals surface area contributed by atoms with Gasteiger partial charge in [-0.15, -0.1) is 0 Å². The molecule has 0 bridgehead atoms. The van der Waals surface area contributed by atoms with Crippen LogP contribution < -0.4 is 5.32 Å². The van der Waals surface area contributed by atoms with E-state index < -0.39 is 0 Å². The van der Waals surface area contributed by atoms with Crippen LogP contribution in [0.4, 0.5) is 0 Å². The molecule has 0 saturated carbocycles. The number of aryl methyl sites for hydroxylation is 1. The van der Waals surface area contributed by atoms with Gasteiger partial charge in [0.05, 0.1) is 12.8 Å². The van der Waals surface area contributed by atoms with Crippen molar-refractivity contribution in [1.29, 1.82) is 0 Å². The van der Waals surface area contributed by atoms with E-state index in [0.29, 0.717) is 6.04 Å². The van der Waals surface area contributed by atoms with E-state index in [1.807, 2.05) is 13.8 Å². The largest absolute Gasteiger partial charge is 0.468 e. The lowest BCUT2D eigenvalue weighted by Crippen LogP contribution is -2.22. The standard InChI is InChI=1S/C12H21N3O2/c1-8(2)13-6-11-9(3)14-15(10(11)4)7-12(16)17-5/h8,13H,6-7H2,1-5H3. The van der Waals surface area contributed by atoms with Gasteiger partial charge in [0.25, 0.3) is 0 Å². The van der Waals surface area contributed by atoms with Gasteiger partial charge in [-0.05, 0) is 13.8 Å². The lowest BCUT2D eigenvalue weighted by atomic mass is 10.2. The molecule has 0 atom stereocenters. The molecule has 0 amide bonds. The Morgan fingerprint density at radius 1 is 1.47 bits per heavy atom. The van der Waals surface area contributed by atoms with E-state index in [0.717, 1.165) is 23.5 Å². The first-order valence-electron chi connectivity index (χ1n) is 5.78. The number of nitrogens with one attached hydrogen (secondary N) is 1. The van der Waals surface area contributed by atoms with Crippen LogP contribution in [0.5, 0.6) is 0 Å². The fourth-order valence-corrected chi connectivity index (χ4v) is 1.64. The van der Waals surface area contributed by atoms with Gasteiger partial charge in [-0.1, -0.05) is 13.8 Å². The van der Waals surface area contributed by atoms with Crippen LogP contribution in [0.3, 0.4) is 0 Å². The second-order valence-electron chi connectivity index (χ2n) is 4.42. The van der Waals surface area contributed by atoms with Crippen LogP contribution in [0.25, 0.3) is 0 Å². The molecule has 0 aliphatic carbocycles. The van der Waals surface area contributed by atoms with Crippen molar-refractivity contribution in [3.05, 3.63) is 17.0 Å². The third-order valence-electron chi connectivity index (χ3n) is 2.72. The minimum atomic E-state index is -0.279. The van der Waals surface area contributed by atoms with Crippen molar-refractivity contribution >= 4 is 5.97 Å². The van der Waals surface area contributed by atoms with Crippen LogP contribution >= 0.6 is 0 Å². The molecule has 1 aromatic rings. The number of esters is 1. The van der Waals surface area contributed by atoms with E-state index in [1.165, 1.54) is 7.11 Å². The Morgan fingerprint density at radius 2 is 2.12 bits per heavy atom. The third-order valence-corrected chi connectivity index (χ3v) is 2.72. The molecular weight excluding hydrogens is 218 g/mol. The van der Waals surface area contributed by atoms with Gasteiger partial charge in [0.15, 0.2) is 0 Å². The quantitative estimate of drug-likeness (QED) is 0.784. The predicted molar refractivity (Wildman–Crippen MR) is 65.7 cm³/mol. The maximum Gasteiger partial charge on any atom is 0.327 e. The smallest absolute Gasteiger partial charge is 0.327 e. The van der Waals surface area contributed by atoms with Crippen LogP contribution in [0, 0.1) is 13.8 Å². The molecule has 0 aliphatic rings. The lowest BCUT2D eigenvalue weighted by molar-refractivity contribution is -0.141. The third kappa shape index (κ3) is 3.56. The summed E-state index contributed by atoms with van der Waals surface area (Å²) in [7, 11) is 1.38. The molecule has 1 heterocycles. The number of methoxy groups -OCH3 is 1. The molecule has 1 rings (SSSR count). The van der Waals surface area contributed by atoms with Gasteiger partial charge in [0.2, 0.25) is 0 Å². The Bertz CT molecular complexity index is 397. The maximum absolute atomic E-state index is 11.2. The second kappa shape index (κ2) is 5.82. The van der Waals surface area contributed by atoms with Gasteiger partial charge >= 0.3 is 5.97 Å². The minimum absolute atomic E-state index is 0.171. The fraction of sp³-hybridized carbons (Fsp3) is 0.667. The number of ether oxygens (including phenoxy) is 1. The van der Waals surface area contributed by atoms with Gasteiger partial charge in [0, 0.05) is 23.8 Å². The van der Waals surface area contributed by atoms with Gasteiger partial charge in [-0.3, -0.25) is 9.48 Å². The van der Waals surface area contributed by atoms with Crippen molar-refractivity contribution < 1.29 is 9.53 Å². The SMILES string of the molecule is COC(=O)Cn1nc(C)c(CNC(C)C)c1C. The van der Waals surface area contributed by atoms with E-state index in [9.17, 15) is 4.79 Å². The highest BCUT2D eigenvalue weighted by molar-refractivity contribution is 5.69. The summed E-state index contributed by atoms with van der Waals surface area (Å²) < 4.78 is 6.33. The molecule has 0 aromatic carbocycles. The molecule has 0 aliphatic heterocycles. The van der Waals surface area contributed by atoms with Crippen molar-refractivity contribution in [2.24, 2.45) is 0 Å². The topological polar surface area (TPSA) is 56.2 Å². The fourth-order valence-electron chi connectivity index (χ4n) is 1.64. The summed E-state index contributed by atoms with van der Waals surface area (Å²) in [5.74, 6) is -0.279. The van der Waals surface area contributed by atoms with Crippen LogP contribution in [-0.4, -0.2) is 28.9 Å². The Kier molecular flexibility index (Phi) is 4.69. The first-order chi connectivity index (χ1) is 7.95. The molecule has 0 unspecified atom stereocenters. The van der Waals surface area contributed by atoms with E-state index in [-0.39, 0.29) is 12.5 Å². The highest BCUT2D eigenvalue weighted by atomic mass is 16.5. The molecule has 17 heavy (non-hydrogen) atoms. The number of carbonyl (C=O) groups is 1. The molecule has 0 spiro atoms. The van der Waals surface area contributed by atoms with Crippen molar-refractivity contribution in [3.63, 3.8) is 0 Å². The highest BCUT2D eigenvalue weighted by Gasteiger charge is 2.13. The highest BCUT2D eigenvalue weighted by Crippen LogP contribution is 2.13. The Morgan fingerprint density at radius 3 is 2.65 bits per heavy atom. The van der Waals surface area contributed by atoms with E-state index in [1.54, 1.807) is 4.68 Å². The predicted octanol–water partition coefficient (Wildman–Crippen LogP) is 1.17.